The Labute approximate surface area is 167 Å². The summed E-state index contributed by atoms with van der Waals surface area (Å²) in [6.45, 7) is 4.37. The van der Waals surface area contributed by atoms with Crippen LogP contribution in [-0.2, 0) is 6.42 Å². The Kier molecular flexibility index (Phi) is 4.73. The lowest BCUT2D eigenvalue weighted by Gasteiger charge is -2.37. The van der Waals surface area contributed by atoms with Gasteiger partial charge in [-0.25, -0.2) is 0 Å². The Balaban J connectivity index is 1.47. The van der Waals surface area contributed by atoms with Gasteiger partial charge in [-0.15, -0.1) is 0 Å². The van der Waals surface area contributed by atoms with Gasteiger partial charge in [0.15, 0.2) is 0 Å². The molecule has 0 aliphatic heterocycles. The summed E-state index contributed by atoms with van der Waals surface area (Å²) in [6.07, 6.45) is 4.90. The van der Waals surface area contributed by atoms with E-state index in [4.69, 9.17) is 5.73 Å². The number of hydrogen-bond acceptors (Lipinski definition) is 2. The van der Waals surface area contributed by atoms with Crippen molar-refractivity contribution in [3.05, 3.63) is 70.9 Å². The lowest BCUT2D eigenvalue weighted by molar-refractivity contribution is 0.391. The predicted molar refractivity (Wildman–Crippen MR) is 117 cm³/mol. The van der Waals surface area contributed by atoms with Crippen molar-refractivity contribution in [1.82, 2.24) is 10.3 Å². The molecule has 2 aliphatic rings. The summed E-state index contributed by atoms with van der Waals surface area (Å²) < 4.78 is 0. The molecule has 4 N–H and O–H groups in total. The van der Waals surface area contributed by atoms with E-state index in [9.17, 15) is 0 Å². The molecule has 0 saturated heterocycles. The van der Waals surface area contributed by atoms with Crippen LogP contribution in [0.25, 0.3) is 10.9 Å². The van der Waals surface area contributed by atoms with E-state index in [1.54, 1.807) is 0 Å². The molecule has 3 nitrogen and oxygen atoms in total. The maximum atomic E-state index is 6.97. The molecule has 0 bridgehead atoms. The Bertz CT molecular complexity index is 952. The van der Waals surface area contributed by atoms with E-state index in [1.165, 1.54) is 52.7 Å². The van der Waals surface area contributed by atoms with Crippen LogP contribution in [0, 0.1) is 12.8 Å². The number of aromatic nitrogens is 1. The molecule has 1 saturated carbocycles. The minimum absolute atomic E-state index is 0.150. The first-order valence-electron chi connectivity index (χ1n) is 10.8. The highest BCUT2D eigenvalue weighted by Gasteiger charge is 2.37. The van der Waals surface area contributed by atoms with Gasteiger partial charge >= 0.3 is 0 Å². The molecular formula is C25H31N3. The standard InChI is InChI=1S/C25H31N3/c1-16-6-10-18(11-7-16)21-14-23-24(19-4-2-3-5-22(19)28-23)20(25(21)26)12-13-27-15-17-8-9-17/h2-7,10-11,17,20-21,25,27-28H,8-9,12-15,26H2,1H3/t20-,21-,25+/m1/s1. The van der Waals surface area contributed by atoms with E-state index in [1.807, 2.05) is 0 Å². The lowest BCUT2D eigenvalue weighted by atomic mass is 9.71. The van der Waals surface area contributed by atoms with Crippen molar-refractivity contribution < 1.29 is 0 Å². The number of aromatic amines is 1. The van der Waals surface area contributed by atoms with Crippen LogP contribution in [0.4, 0.5) is 0 Å². The third kappa shape index (κ3) is 3.38. The van der Waals surface area contributed by atoms with Gasteiger partial charge in [0.05, 0.1) is 0 Å². The zero-order valence-corrected chi connectivity index (χ0v) is 16.7. The fourth-order valence-corrected chi connectivity index (χ4v) is 5.01. The highest BCUT2D eigenvalue weighted by molar-refractivity contribution is 5.85. The number of hydrogen-bond donors (Lipinski definition) is 3. The number of benzene rings is 2. The van der Waals surface area contributed by atoms with Gasteiger partial charge < -0.3 is 16.0 Å². The topological polar surface area (TPSA) is 53.8 Å². The number of nitrogens with one attached hydrogen (secondary N) is 2. The van der Waals surface area contributed by atoms with Gasteiger partial charge in [0.2, 0.25) is 0 Å². The average Bonchev–Trinajstić information content (AvgIpc) is 3.46. The molecule has 1 fully saturated rings. The molecule has 0 radical (unpaired) electrons. The van der Waals surface area contributed by atoms with Crippen molar-refractivity contribution in [2.75, 3.05) is 13.1 Å². The van der Waals surface area contributed by atoms with Gasteiger partial charge in [-0.1, -0.05) is 48.0 Å². The minimum Gasteiger partial charge on any atom is -0.358 e. The van der Waals surface area contributed by atoms with Crippen molar-refractivity contribution in [2.24, 2.45) is 11.7 Å². The molecule has 28 heavy (non-hydrogen) atoms. The summed E-state index contributed by atoms with van der Waals surface area (Å²) in [5.41, 5.74) is 13.8. The third-order valence-electron chi connectivity index (χ3n) is 6.82. The summed E-state index contributed by atoms with van der Waals surface area (Å²) in [6, 6.07) is 17.9. The minimum atomic E-state index is 0.150. The Morgan fingerprint density at radius 3 is 2.64 bits per heavy atom. The van der Waals surface area contributed by atoms with E-state index in [0.717, 1.165) is 25.3 Å². The van der Waals surface area contributed by atoms with Crippen LogP contribution in [-0.4, -0.2) is 24.1 Å². The van der Waals surface area contributed by atoms with Crippen LogP contribution < -0.4 is 11.1 Å². The number of H-pyrrole nitrogens is 1. The number of para-hydroxylation sites is 1. The van der Waals surface area contributed by atoms with Gasteiger partial charge in [-0.2, -0.15) is 0 Å². The van der Waals surface area contributed by atoms with E-state index in [0.29, 0.717) is 11.8 Å². The first-order valence-corrected chi connectivity index (χ1v) is 10.8. The molecule has 3 atom stereocenters. The van der Waals surface area contributed by atoms with Gasteiger partial charge in [0, 0.05) is 34.5 Å². The molecule has 0 spiro atoms. The van der Waals surface area contributed by atoms with Gasteiger partial charge in [0.25, 0.3) is 0 Å². The largest absolute Gasteiger partial charge is 0.358 e. The molecule has 3 heteroatoms. The molecule has 1 aromatic heterocycles. The zero-order chi connectivity index (χ0) is 19.1. The highest BCUT2D eigenvalue weighted by Crippen LogP contribution is 2.44. The molecule has 0 unspecified atom stereocenters. The maximum Gasteiger partial charge on any atom is 0.0459 e. The van der Waals surface area contributed by atoms with Gasteiger partial charge in [0.1, 0.15) is 0 Å². The Hall–Kier alpha value is -2.10. The third-order valence-corrected chi connectivity index (χ3v) is 6.82. The van der Waals surface area contributed by atoms with Crippen LogP contribution >= 0.6 is 0 Å². The lowest BCUT2D eigenvalue weighted by Crippen LogP contribution is -2.41. The molecule has 3 aromatic rings. The quantitative estimate of drug-likeness (QED) is 0.552. The van der Waals surface area contributed by atoms with Crippen LogP contribution in [0.3, 0.4) is 0 Å². The second kappa shape index (κ2) is 7.38. The Morgan fingerprint density at radius 1 is 1.07 bits per heavy atom. The second-order valence-electron chi connectivity index (χ2n) is 8.90. The van der Waals surface area contributed by atoms with Crippen molar-refractivity contribution in [2.45, 2.75) is 50.5 Å². The fraction of sp³-hybridized carbons (Fsp3) is 0.440. The van der Waals surface area contributed by atoms with Crippen LogP contribution in [0.1, 0.15) is 53.5 Å². The van der Waals surface area contributed by atoms with E-state index in [-0.39, 0.29) is 6.04 Å². The first-order chi connectivity index (χ1) is 13.7. The maximum absolute atomic E-state index is 6.97. The van der Waals surface area contributed by atoms with Crippen molar-refractivity contribution >= 4 is 10.9 Å². The molecule has 5 rings (SSSR count). The normalized spacial score (nSPS) is 24.4. The zero-order valence-electron chi connectivity index (χ0n) is 16.7. The summed E-state index contributed by atoms with van der Waals surface area (Å²) in [5, 5.41) is 5.05. The SMILES string of the molecule is Cc1ccc([C@H]2Cc3[nH]c4ccccc4c3[C@@H](CCNCC3CC3)[C@@H]2N)cc1. The summed E-state index contributed by atoms with van der Waals surface area (Å²) in [7, 11) is 0. The number of aryl methyl sites for hydroxylation is 1. The van der Waals surface area contributed by atoms with Crippen molar-refractivity contribution in [3.63, 3.8) is 0 Å². The Morgan fingerprint density at radius 2 is 1.86 bits per heavy atom. The first kappa shape index (κ1) is 18.0. The highest BCUT2D eigenvalue weighted by atomic mass is 14.9. The van der Waals surface area contributed by atoms with Crippen LogP contribution in [0.5, 0.6) is 0 Å². The van der Waals surface area contributed by atoms with E-state index >= 15 is 0 Å². The van der Waals surface area contributed by atoms with Gasteiger partial charge in [-0.3, -0.25) is 0 Å². The monoisotopic (exact) mass is 373 g/mol. The molecular weight excluding hydrogens is 342 g/mol. The molecule has 2 aromatic carbocycles. The molecule has 1 heterocycles. The fourth-order valence-electron chi connectivity index (χ4n) is 5.01. The number of fused-ring (bicyclic) bond motifs is 3. The van der Waals surface area contributed by atoms with E-state index < -0.39 is 0 Å². The summed E-state index contributed by atoms with van der Waals surface area (Å²) in [5.74, 6) is 1.68. The molecule has 146 valence electrons. The van der Waals surface area contributed by atoms with Crippen molar-refractivity contribution in [1.29, 1.82) is 0 Å². The van der Waals surface area contributed by atoms with Gasteiger partial charge in [-0.05, 0) is 68.8 Å². The summed E-state index contributed by atoms with van der Waals surface area (Å²) in [4.78, 5) is 3.72. The van der Waals surface area contributed by atoms with Crippen LogP contribution in [0.2, 0.25) is 0 Å². The average molecular weight is 374 g/mol. The molecule has 0 amide bonds. The van der Waals surface area contributed by atoms with Crippen molar-refractivity contribution in [3.8, 4) is 0 Å². The molecule has 2 aliphatic carbocycles. The second-order valence-corrected chi connectivity index (χ2v) is 8.90. The smallest absolute Gasteiger partial charge is 0.0459 e. The number of rotatable bonds is 6. The van der Waals surface area contributed by atoms with Crippen LogP contribution in [0.15, 0.2) is 48.5 Å². The summed E-state index contributed by atoms with van der Waals surface area (Å²) >= 11 is 0. The number of nitrogens with two attached hydrogens (primary N) is 1. The van der Waals surface area contributed by atoms with E-state index in [2.05, 4.69) is 65.8 Å². The predicted octanol–water partition coefficient (Wildman–Crippen LogP) is 4.62.